The normalized spacial score (nSPS) is 23.9. The molecule has 0 spiro atoms. The van der Waals surface area contributed by atoms with E-state index in [1.807, 2.05) is 0 Å². The van der Waals surface area contributed by atoms with Crippen LogP contribution >= 0.6 is 0 Å². The highest BCUT2D eigenvalue weighted by Gasteiger charge is 2.33. The molecule has 4 unspecified atom stereocenters. The second-order valence-electron chi connectivity index (χ2n) is 6.60. The molecule has 132 valence electrons. The highest BCUT2D eigenvalue weighted by Crippen LogP contribution is 2.37. The van der Waals surface area contributed by atoms with Gasteiger partial charge < -0.3 is 14.2 Å². The average Bonchev–Trinajstić information content (AvgIpc) is 3.51. The van der Waals surface area contributed by atoms with E-state index in [1.165, 1.54) is 24.3 Å². The second-order valence-corrected chi connectivity index (χ2v) is 6.60. The van der Waals surface area contributed by atoms with E-state index < -0.39 is 0 Å². The van der Waals surface area contributed by atoms with Gasteiger partial charge in [0, 0.05) is 12.8 Å². The molecule has 2 aromatic carbocycles. The van der Waals surface area contributed by atoms with E-state index in [4.69, 9.17) is 14.2 Å². The Balaban J connectivity index is 1.55. The molecule has 0 N–H and O–H groups in total. The number of benzene rings is 2. The number of hydrogen-bond acceptors (Lipinski definition) is 3. The minimum absolute atomic E-state index is 0.182. The van der Waals surface area contributed by atoms with Gasteiger partial charge in [0.1, 0.15) is 11.6 Å². The molecule has 2 aromatic rings. The Labute approximate surface area is 145 Å². The van der Waals surface area contributed by atoms with Crippen LogP contribution in [0, 0.1) is 11.6 Å². The molecular weight excluding hydrogens is 326 g/mol. The van der Waals surface area contributed by atoms with Crippen LogP contribution in [0.3, 0.4) is 0 Å². The van der Waals surface area contributed by atoms with Gasteiger partial charge in [-0.05, 0) is 35.4 Å². The van der Waals surface area contributed by atoms with E-state index in [0.29, 0.717) is 0 Å². The Morgan fingerprint density at radius 2 is 1.12 bits per heavy atom. The fraction of sp³-hybridized carbons (Fsp3) is 0.400. The Morgan fingerprint density at radius 1 is 0.760 bits per heavy atom. The van der Waals surface area contributed by atoms with Crippen molar-refractivity contribution in [3.8, 4) is 0 Å². The molecule has 0 aromatic heterocycles. The van der Waals surface area contributed by atoms with Gasteiger partial charge in [-0.3, -0.25) is 0 Å². The summed E-state index contributed by atoms with van der Waals surface area (Å²) >= 11 is 0. The SMILES string of the molecule is Fc1ccc(C(CC2CO2)OC(CC2CO2)c2ccc(F)cc2)cc1. The lowest BCUT2D eigenvalue weighted by Crippen LogP contribution is -2.14. The van der Waals surface area contributed by atoms with E-state index in [-0.39, 0.29) is 36.1 Å². The molecule has 4 atom stereocenters. The van der Waals surface area contributed by atoms with Crippen molar-refractivity contribution in [1.82, 2.24) is 0 Å². The molecular formula is C20H20F2O3. The molecule has 3 nitrogen and oxygen atoms in total. The second kappa shape index (κ2) is 7.20. The van der Waals surface area contributed by atoms with Crippen molar-refractivity contribution in [1.29, 1.82) is 0 Å². The number of halogens is 2. The van der Waals surface area contributed by atoms with Crippen molar-refractivity contribution in [3.05, 3.63) is 71.3 Å². The highest BCUT2D eigenvalue weighted by molar-refractivity contribution is 5.22. The van der Waals surface area contributed by atoms with Gasteiger partial charge in [0.25, 0.3) is 0 Å². The van der Waals surface area contributed by atoms with Crippen LogP contribution in [0.15, 0.2) is 48.5 Å². The first-order valence-corrected chi connectivity index (χ1v) is 8.57. The summed E-state index contributed by atoms with van der Waals surface area (Å²) in [6.07, 6.45) is 1.38. The van der Waals surface area contributed by atoms with Crippen LogP contribution in [0.4, 0.5) is 8.78 Å². The average molecular weight is 346 g/mol. The summed E-state index contributed by atoms with van der Waals surface area (Å²) < 4.78 is 43.6. The van der Waals surface area contributed by atoms with Gasteiger partial charge in [0.15, 0.2) is 0 Å². The van der Waals surface area contributed by atoms with E-state index in [2.05, 4.69) is 0 Å². The molecule has 2 aliphatic rings. The zero-order chi connectivity index (χ0) is 17.2. The number of rotatable bonds is 8. The van der Waals surface area contributed by atoms with Crippen LogP contribution in [-0.4, -0.2) is 25.4 Å². The van der Waals surface area contributed by atoms with Gasteiger partial charge in [0.2, 0.25) is 0 Å². The van der Waals surface area contributed by atoms with Crippen molar-refractivity contribution in [3.63, 3.8) is 0 Å². The summed E-state index contributed by atoms with van der Waals surface area (Å²) in [5, 5.41) is 0. The maximum absolute atomic E-state index is 13.3. The van der Waals surface area contributed by atoms with E-state index in [1.54, 1.807) is 24.3 Å². The van der Waals surface area contributed by atoms with E-state index in [0.717, 1.165) is 37.2 Å². The standard InChI is InChI=1S/C20H20F2O3/c21-15-5-1-13(2-6-15)19(9-17-11-23-17)25-20(10-18-12-24-18)14-3-7-16(22)8-4-14/h1-8,17-20H,9-12H2. The van der Waals surface area contributed by atoms with Gasteiger partial charge in [0.05, 0.1) is 37.6 Å². The summed E-state index contributed by atoms with van der Waals surface area (Å²) in [6.45, 7) is 1.46. The molecule has 0 bridgehead atoms. The lowest BCUT2D eigenvalue weighted by molar-refractivity contribution is -0.0302. The molecule has 0 aliphatic carbocycles. The molecule has 0 radical (unpaired) electrons. The minimum atomic E-state index is -0.272. The molecule has 5 heteroatoms. The highest BCUT2D eigenvalue weighted by atomic mass is 19.1. The first-order valence-electron chi connectivity index (χ1n) is 8.57. The van der Waals surface area contributed by atoms with Gasteiger partial charge in [-0.15, -0.1) is 0 Å². The number of hydrogen-bond donors (Lipinski definition) is 0. The Bertz CT molecular complexity index is 632. The monoisotopic (exact) mass is 346 g/mol. The third kappa shape index (κ3) is 4.63. The van der Waals surface area contributed by atoms with Crippen LogP contribution < -0.4 is 0 Å². The first-order chi connectivity index (χ1) is 12.2. The maximum Gasteiger partial charge on any atom is 0.123 e. The summed E-state index contributed by atoms with van der Waals surface area (Å²) in [5.74, 6) is -0.543. The number of epoxide rings is 2. The molecule has 0 amide bonds. The molecule has 2 aliphatic heterocycles. The lowest BCUT2D eigenvalue weighted by atomic mass is 10.0. The van der Waals surface area contributed by atoms with Gasteiger partial charge in [-0.1, -0.05) is 24.3 Å². The summed E-state index contributed by atoms with van der Waals surface area (Å²) in [5.41, 5.74) is 1.83. The summed E-state index contributed by atoms with van der Waals surface area (Å²) in [4.78, 5) is 0. The predicted octanol–water partition coefficient (Wildman–Crippen LogP) is 4.34. The van der Waals surface area contributed by atoms with Gasteiger partial charge >= 0.3 is 0 Å². The zero-order valence-electron chi connectivity index (χ0n) is 13.7. The fourth-order valence-electron chi connectivity index (χ4n) is 2.98. The minimum Gasteiger partial charge on any atom is -0.373 e. The molecule has 0 saturated carbocycles. The zero-order valence-corrected chi connectivity index (χ0v) is 13.7. The van der Waals surface area contributed by atoms with Crippen molar-refractivity contribution < 1.29 is 23.0 Å². The smallest absolute Gasteiger partial charge is 0.123 e. The van der Waals surface area contributed by atoms with Crippen LogP contribution in [0.2, 0.25) is 0 Å². The largest absolute Gasteiger partial charge is 0.373 e. The Kier molecular flexibility index (Phi) is 4.79. The molecule has 4 rings (SSSR count). The van der Waals surface area contributed by atoms with Crippen molar-refractivity contribution in [2.24, 2.45) is 0 Å². The fourth-order valence-corrected chi connectivity index (χ4v) is 2.98. The number of ether oxygens (including phenoxy) is 3. The molecule has 2 saturated heterocycles. The summed E-state index contributed by atoms with van der Waals surface area (Å²) in [6, 6.07) is 12.8. The van der Waals surface area contributed by atoms with Crippen molar-refractivity contribution >= 4 is 0 Å². The van der Waals surface area contributed by atoms with Crippen LogP contribution in [0.5, 0.6) is 0 Å². The van der Waals surface area contributed by atoms with E-state index >= 15 is 0 Å². The Morgan fingerprint density at radius 3 is 1.44 bits per heavy atom. The van der Waals surface area contributed by atoms with Crippen molar-refractivity contribution in [2.75, 3.05) is 13.2 Å². The van der Waals surface area contributed by atoms with Crippen molar-refractivity contribution in [2.45, 2.75) is 37.3 Å². The van der Waals surface area contributed by atoms with Crippen LogP contribution in [-0.2, 0) is 14.2 Å². The van der Waals surface area contributed by atoms with Gasteiger partial charge in [-0.2, -0.15) is 0 Å². The van der Waals surface area contributed by atoms with E-state index in [9.17, 15) is 8.78 Å². The van der Waals surface area contributed by atoms with Gasteiger partial charge in [-0.25, -0.2) is 8.78 Å². The van der Waals surface area contributed by atoms with Crippen LogP contribution in [0.25, 0.3) is 0 Å². The summed E-state index contributed by atoms with van der Waals surface area (Å²) in [7, 11) is 0. The Hall–Kier alpha value is -1.82. The third-order valence-corrected chi connectivity index (χ3v) is 4.57. The molecule has 2 fully saturated rings. The third-order valence-electron chi connectivity index (χ3n) is 4.57. The maximum atomic E-state index is 13.3. The molecule has 2 heterocycles. The quantitative estimate of drug-likeness (QED) is 0.667. The topological polar surface area (TPSA) is 34.3 Å². The first kappa shape index (κ1) is 16.6. The van der Waals surface area contributed by atoms with Crippen LogP contribution in [0.1, 0.15) is 36.2 Å². The lowest BCUT2D eigenvalue weighted by Gasteiger charge is -2.25. The molecule has 25 heavy (non-hydrogen) atoms. The predicted molar refractivity (Wildman–Crippen MR) is 88.1 cm³/mol.